The summed E-state index contributed by atoms with van der Waals surface area (Å²) in [6.07, 6.45) is 1.37. The Morgan fingerprint density at radius 2 is 2.40 bits per heavy atom. The molecule has 1 rings (SSSR count). The first kappa shape index (κ1) is 12.1. The van der Waals surface area contributed by atoms with Gasteiger partial charge in [0.05, 0.1) is 6.04 Å². The number of nitrogens with two attached hydrogens (primary N) is 1. The molecule has 1 atom stereocenters. The lowest BCUT2D eigenvalue weighted by Gasteiger charge is -2.01. The van der Waals surface area contributed by atoms with Crippen molar-refractivity contribution in [2.45, 2.75) is 32.4 Å². The zero-order valence-corrected chi connectivity index (χ0v) is 8.85. The van der Waals surface area contributed by atoms with E-state index in [0.29, 0.717) is 31.3 Å². The van der Waals surface area contributed by atoms with Crippen LogP contribution in [0.3, 0.4) is 0 Å². The van der Waals surface area contributed by atoms with Crippen LogP contribution in [0.1, 0.15) is 37.5 Å². The molecule has 1 aromatic heterocycles. The second-order valence-electron chi connectivity index (χ2n) is 3.22. The van der Waals surface area contributed by atoms with E-state index in [2.05, 4.69) is 10.1 Å². The minimum absolute atomic E-state index is 0.00517. The summed E-state index contributed by atoms with van der Waals surface area (Å²) in [6, 6.07) is -0.401. The maximum absolute atomic E-state index is 8.68. The van der Waals surface area contributed by atoms with Crippen molar-refractivity contribution in [1.29, 1.82) is 0 Å². The summed E-state index contributed by atoms with van der Waals surface area (Å²) in [6.45, 7) is 3.04. The smallest absolute Gasteiger partial charge is 0.243 e. The molecule has 3 N–H and O–H groups in total. The van der Waals surface area contributed by atoms with Crippen LogP contribution >= 0.6 is 0 Å². The van der Waals surface area contributed by atoms with E-state index < -0.39 is 6.04 Å². The Morgan fingerprint density at radius 3 is 3.07 bits per heavy atom. The Labute approximate surface area is 88.4 Å². The molecule has 0 aliphatic carbocycles. The molecule has 0 aromatic carbocycles. The first-order valence-corrected chi connectivity index (χ1v) is 5.04. The van der Waals surface area contributed by atoms with Gasteiger partial charge >= 0.3 is 0 Å². The maximum Gasteiger partial charge on any atom is 0.243 e. The predicted molar refractivity (Wildman–Crippen MR) is 52.9 cm³/mol. The number of aliphatic hydroxyl groups is 1. The summed E-state index contributed by atoms with van der Waals surface area (Å²) in [5, 5.41) is 12.4. The van der Waals surface area contributed by atoms with Crippen molar-refractivity contribution in [3.05, 3.63) is 11.7 Å². The third-order valence-electron chi connectivity index (χ3n) is 1.82. The molecule has 1 aromatic rings. The van der Waals surface area contributed by atoms with Crippen LogP contribution in [-0.4, -0.2) is 28.5 Å². The fraction of sp³-hybridized carbons (Fsp3) is 0.778. The highest BCUT2D eigenvalue weighted by Gasteiger charge is 2.13. The SMILES string of the molecule is CCCOCc1noc(C(N)CCO)n1. The fourth-order valence-corrected chi connectivity index (χ4v) is 1.05. The number of aromatic nitrogens is 2. The van der Waals surface area contributed by atoms with Crippen LogP contribution in [0.25, 0.3) is 0 Å². The van der Waals surface area contributed by atoms with Gasteiger partial charge < -0.3 is 20.1 Å². The van der Waals surface area contributed by atoms with Crippen molar-refractivity contribution in [1.82, 2.24) is 10.1 Å². The highest BCUT2D eigenvalue weighted by atomic mass is 16.5. The summed E-state index contributed by atoms with van der Waals surface area (Å²) < 4.78 is 10.2. The quantitative estimate of drug-likeness (QED) is 0.638. The molecular weight excluding hydrogens is 198 g/mol. The Bertz CT molecular complexity index is 277. The molecule has 1 heterocycles. The van der Waals surface area contributed by atoms with Gasteiger partial charge in [0.15, 0.2) is 5.82 Å². The summed E-state index contributed by atoms with van der Waals surface area (Å²) >= 11 is 0. The fourth-order valence-electron chi connectivity index (χ4n) is 1.05. The molecule has 0 bridgehead atoms. The van der Waals surface area contributed by atoms with E-state index in [-0.39, 0.29) is 6.61 Å². The monoisotopic (exact) mass is 215 g/mol. The van der Waals surface area contributed by atoms with E-state index in [1.54, 1.807) is 0 Å². The van der Waals surface area contributed by atoms with E-state index in [1.165, 1.54) is 0 Å². The molecule has 15 heavy (non-hydrogen) atoms. The molecule has 0 fully saturated rings. The number of aliphatic hydroxyl groups excluding tert-OH is 1. The van der Waals surface area contributed by atoms with Gasteiger partial charge in [0, 0.05) is 13.2 Å². The van der Waals surface area contributed by atoms with Gasteiger partial charge in [-0.25, -0.2) is 0 Å². The number of rotatable bonds is 7. The zero-order chi connectivity index (χ0) is 11.1. The van der Waals surface area contributed by atoms with Crippen LogP contribution in [-0.2, 0) is 11.3 Å². The average molecular weight is 215 g/mol. The number of ether oxygens (including phenoxy) is 1. The zero-order valence-electron chi connectivity index (χ0n) is 8.85. The molecule has 0 radical (unpaired) electrons. The van der Waals surface area contributed by atoms with E-state index in [0.717, 1.165) is 6.42 Å². The van der Waals surface area contributed by atoms with Gasteiger partial charge in [0.1, 0.15) is 6.61 Å². The van der Waals surface area contributed by atoms with E-state index in [9.17, 15) is 0 Å². The number of hydrogen-bond acceptors (Lipinski definition) is 6. The first-order chi connectivity index (χ1) is 7.27. The number of nitrogens with zero attached hydrogens (tertiary/aromatic N) is 2. The van der Waals surface area contributed by atoms with E-state index >= 15 is 0 Å². The Morgan fingerprint density at radius 1 is 1.60 bits per heavy atom. The summed E-state index contributed by atoms with van der Waals surface area (Å²) in [5.74, 6) is 0.839. The van der Waals surface area contributed by atoms with Crippen LogP contribution in [0, 0.1) is 0 Å². The van der Waals surface area contributed by atoms with Crippen molar-refractivity contribution in [2.24, 2.45) is 5.73 Å². The Hall–Kier alpha value is -0.980. The van der Waals surface area contributed by atoms with E-state index in [4.69, 9.17) is 20.1 Å². The maximum atomic E-state index is 8.68. The molecule has 1 unspecified atom stereocenters. The molecule has 6 heteroatoms. The van der Waals surface area contributed by atoms with E-state index in [1.807, 2.05) is 6.92 Å². The molecule has 0 saturated heterocycles. The summed E-state index contributed by atoms with van der Waals surface area (Å²) in [4.78, 5) is 4.06. The molecule has 86 valence electrons. The summed E-state index contributed by atoms with van der Waals surface area (Å²) in [5.41, 5.74) is 5.68. The van der Waals surface area contributed by atoms with Gasteiger partial charge in [0.2, 0.25) is 5.89 Å². The van der Waals surface area contributed by atoms with Gasteiger partial charge in [-0.15, -0.1) is 0 Å². The normalized spacial score (nSPS) is 13.0. The van der Waals surface area contributed by atoms with Crippen LogP contribution in [0.4, 0.5) is 0 Å². The average Bonchev–Trinajstić information content (AvgIpc) is 2.67. The van der Waals surface area contributed by atoms with Gasteiger partial charge in [-0.1, -0.05) is 12.1 Å². The lowest BCUT2D eigenvalue weighted by atomic mass is 10.2. The van der Waals surface area contributed by atoms with Gasteiger partial charge in [0.25, 0.3) is 0 Å². The molecule has 0 aliphatic rings. The molecule has 0 saturated carbocycles. The molecule has 0 aliphatic heterocycles. The largest absolute Gasteiger partial charge is 0.396 e. The predicted octanol–water partition coefficient (Wildman–Crippen LogP) is 0.378. The van der Waals surface area contributed by atoms with Crippen LogP contribution < -0.4 is 5.73 Å². The summed E-state index contributed by atoms with van der Waals surface area (Å²) in [7, 11) is 0. The highest BCUT2D eigenvalue weighted by Crippen LogP contribution is 2.11. The van der Waals surface area contributed by atoms with Crippen molar-refractivity contribution >= 4 is 0 Å². The molecule has 6 nitrogen and oxygen atoms in total. The van der Waals surface area contributed by atoms with Crippen LogP contribution in [0.5, 0.6) is 0 Å². The topological polar surface area (TPSA) is 94.4 Å². The molecular formula is C9H17N3O3. The van der Waals surface area contributed by atoms with Crippen molar-refractivity contribution < 1.29 is 14.4 Å². The van der Waals surface area contributed by atoms with Crippen LogP contribution in [0.15, 0.2) is 4.52 Å². The Kier molecular flexibility index (Phi) is 5.23. The second kappa shape index (κ2) is 6.49. The highest BCUT2D eigenvalue weighted by molar-refractivity contribution is 4.90. The van der Waals surface area contributed by atoms with Crippen molar-refractivity contribution in [2.75, 3.05) is 13.2 Å². The third kappa shape index (κ3) is 3.94. The first-order valence-electron chi connectivity index (χ1n) is 5.04. The van der Waals surface area contributed by atoms with Crippen LogP contribution in [0.2, 0.25) is 0 Å². The number of hydrogen-bond donors (Lipinski definition) is 2. The van der Waals surface area contributed by atoms with Gasteiger partial charge in [-0.3, -0.25) is 0 Å². The second-order valence-corrected chi connectivity index (χ2v) is 3.22. The Balaban J connectivity index is 2.41. The van der Waals surface area contributed by atoms with Crippen molar-refractivity contribution in [3.63, 3.8) is 0 Å². The minimum atomic E-state index is -0.401. The lowest BCUT2D eigenvalue weighted by molar-refractivity contribution is 0.114. The molecule has 0 spiro atoms. The minimum Gasteiger partial charge on any atom is -0.396 e. The van der Waals surface area contributed by atoms with Gasteiger partial charge in [-0.2, -0.15) is 4.98 Å². The van der Waals surface area contributed by atoms with Gasteiger partial charge in [-0.05, 0) is 12.8 Å². The third-order valence-corrected chi connectivity index (χ3v) is 1.82. The standard InChI is InChI=1S/C9H17N3O3/c1-2-5-14-6-8-11-9(15-12-8)7(10)3-4-13/h7,13H,2-6,10H2,1H3. The van der Waals surface area contributed by atoms with Crippen molar-refractivity contribution in [3.8, 4) is 0 Å². The lowest BCUT2D eigenvalue weighted by Crippen LogP contribution is -2.12. The molecule has 0 amide bonds.